The van der Waals surface area contributed by atoms with E-state index in [0.29, 0.717) is 30.3 Å². The zero-order valence-electron chi connectivity index (χ0n) is 17.5. The van der Waals surface area contributed by atoms with Gasteiger partial charge in [0.15, 0.2) is 0 Å². The van der Waals surface area contributed by atoms with Crippen LogP contribution in [0.2, 0.25) is 0 Å². The molecule has 0 N–H and O–H groups in total. The maximum absolute atomic E-state index is 13.0. The number of halogens is 1. The minimum atomic E-state index is -3.57. The molecule has 7 nitrogen and oxygen atoms in total. The zero-order chi connectivity index (χ0) is 22.7. The van der Waals surface area contributed by atoms with Crippen LogP contribution < -0.4 is 0 Å². The van der Waals surface area contributed by atoms with Crippen LogP contribution >= 0.6 is 0 Å². The smallest absolute Gasteiger partial charge is 0.338 e. The minimum absolute atomic E-state index is 0.116. The predicted octanol–water partition coefficient (Wildman–Crippen LogP) is 4.26. The largest absolute Gasteiger partial charge is 0.455 e. The van der Waals surface area contributed by atoms with Gasteiger partial charge >= 0.3 is 5.97 Å². The molecule has 0 aliphatic carbocycles. The molecule has 0 saturated carbocycles. The van der Waals surface area contributed by atoms with E-state index in [-0.39, 0.29) is 28.8 Å². The van der Waals surface area contributed by atoms with Crippen molar-refractivity contribution in [2.45, 2.75) is 31.3 Å². The van der Waals surface area contributed by atoms with Crippen LogP contribution in [0.4, 0.5) is 4.39 Å². The zero-order valence-corrected chi connectivity index (χ0v) is 18.3. The van der Waals surface area contributed by atoms with Crippen LogP contribution in [0.5, 0.6) is 0 Å². The van der Waals surface area contributed by atoms with Crippen LogP contribution in [0.25, 0.3) is 11.5 Å². The maximum atomic E-state index is 13.0. The molecule has 3 aromatic rings. The lowest BCUT2D eigenvalue weighted by atomic mass is 10.0. The number of hydrogen-bond donors (Lipinski definition) is 0. The van der Waals surface area contributed by atoms with Gasteiger partial charge in [-0.2, -0.15) is 4.31 Å². The Morgan fingerprint density at radius 1 is 1.12 bits per heavy atom. The highest BCUT2D eigenvalue weighted by atomic mass is 32.2. The summed E-state index contributed by atoms with van der Waals surface area (Å²) in [6.07, 6.45) is 3.05. The van der Waals surface area contributed by atoms with Crippen LogP contribution in [0.15, 0.2) is 64.1 Å². The molecular formula is C23H23FN2O5S. The molecule has 2 aromatic carbocycles. The summed E-state index contributed by atoms with van der Waals surface area (Å²) < 4.78 is 50.7. The summed E-state index contributed by atoms with van der Waals surface area (Å²) in [5.41, 5.74) is 1.23. The third-order valence-corrected chi connectivity index (χ3v) is 7.38. The Hall–Kier alpha value is -3.04. The molecule has 1 saturated heterocycles. The second kappa shape index (κ2) is 9.22. The fourth-order valence-electron chi connectivity index (χ4n) is 3.46. The van der Waals surface area contributed by atoms with Crippen LogP contribution in [0.3, 0.4) is 0 Å². The lowest BCUT2D eigenvalue weighted by molar-refractivity contribution is 0.0467. The van der Waals surface area contributed by atoms with Crippen molar-refractivity contribution in [3.05, 3.63) is 71.9 Å². The minimum Gasteiger partial charge on any atom is -0.455 e. The van der Waals surface area contributed by atoms with Crippen molar-refractivity contribution < 1.29 is 26.8 Å². The number of aromatic nitrogens is 1. The van der Waals surface area contributed by atoms with Gasteiger partial charge in [-0.3, -0.25) is 0 Å². The van der Waals surface area contributed by atoms with Gasteiger partial charge in [0.1, 0.15) is 24.4 Å². The van der Waals surface area contributed by atoms with E-state index in [1.54, 1.807) is 0 Å². The van der Waals surface area contributed by atoms with Gasteiger partial charge in [-0.05, 0) is 67.3 Å². The predicted molar refractivity (Wildman–Crippen MR) is 115 cm³/mol. The Balaban J connectivity index is 1.37. The van der Waals surface area contributed by atoms with E-state index in [2.05, 4.69) is 11.9 Å². The van der Waals surface area contributed by atoms with E-state index in [0.717, 1.165) is 12.8 Å². The van der Waals surface area contributed by atoms with Crippen molar-refractivity contribution in [1.29, 1.82) is 0 Å². The van der Waals surface area contributed by atoms with Crippen molar-refractivity contribution >= 4 is 16.0 Å². The van der Waals surface area contributed by atoms with Crippen LogP contribution in [-0.4, -0.2) is 36.8 Å². The second-order valence-electron chi connectivity index (χ2n) is 7.84. The SMILES string of the molecule is CC1CCN(S(=O)(=O)c2ccc(C(=O)OCc3coc(-c4ccc(F)cc4)n3)cc2)CC1. The Kier molecular flexibility index (Phi) is 6.38. The molecule has 168 valence electrons. The molecule has 1 aromatic heterocycles. The number of nitrogens with zero attached hydrogens (tertiary/aromatic N) is 2. The molecule has 0 unspecified atom stereocenters. The highest BCUT2D eigenvalue weighted by Crippen LogP contribution is 2.24. The Morgan fingerprint density at radius 2 is 1.78 bits per heavy atom. The van der Waals surface area contributed by atoms with Gasteiger partial charge in [0, 0.05) is 18.7 Å². The number of esters is 1. The van der Waals surface area contributed by atoms with Gasteiger partial charge in [0.2, 0.25) is 15.9 Å². The number of rotatable bonds is 6. The van der Waals surface area contributed by atoms with Crippen molar-refractivity contribution in [3.63, 3.8) is 0 Å². The number of benzene rings is 2. The average molecular weight is 459 g/mol. The van der Waals surface area contributed by atoms with Gasteiger partial charge in [-0.1, -0.05) is 6.92 Å². The molecule has 32 heavy (non-hydrogen) atoms. The third-order valence-electron chi connectivity index (χ3n) is 5.46. The first-order valence-corrected chi connectivity index (χ1v) is 11.7. The number of piperidine rings is 1. The van der Waals surface area contributed by atoms with Gasteiger partial charge in [0.05, 0.1) is 10.5 Å². The maximum Gasteiger partial charge on any atom is 0.338 e. The molecule has 1 aliphatic heterocycles. The monoisotopic (exact) mass is 458 g/mol. The fourth-order valence-corrected chi connectivity index (χ4v) is 4.93. The first-order chi connectivity index (χ1) is 15.3. The van der Waals surface area contributed by atoms with Crippen molar-refractivity contribution in [3.8, 4) is 11.5 Å². The van der Waals surface area contributed by atoms with E-state index < -0.39 is 16.0 Å². The lowest BCUT2D eigenvalue weighted by Crippen LogP contribution is -2.37. The number of oxazole rings is 1. The first-order valence-electron chi connectivity index (χ1n) is 10.3. The summed E-state index contributed by atoms with van der Waals surface area (Å²) in [4.78, 5) is 16.7. The van der Waals surface area contributed by atoms with E-state index in [1.807, 2.05) is 0 Å². The van der Waals surface area contributed by atoms with E-state index in [9.17, 15) is 17.6 Å². The summed E-state index contributed by atoms with van der Waals surface area (Å²) in [5.74, 6) is -0.154. The fraction of sp³-hybridized carbons (Fsp3) is 0.304. The molecule has 9 heteroatoms. The van der Waals surface area contributed by atoms with Gasteiger partial charge in [-0.15, -0.1) is 0 Å². The lowest BCUT2D eigenvalue weighted by Gasteiger charge is -2.29. The number of carbonyl (C=O) groups excluding carboxylic acids is 1. The van der Waals surface area contributed by atoms with Crippen LogP contribution in [0.1, 0.15) is 35.8 Å². The Labute approximate surface area is 185 Å². The summed E-state index contributed by atoms with van der Waals surface area (Å²) in [6.45, 7) is 3.01. The van der Waals surface area contributed by atoms with Gasteiger partial charge < -0.3 is 9.15 Å². The molecule has 4 rings (SSSR count). The van der Waals surface area contributed by atoms with E-state index in [4.69, 9.17) is 9.15 Å². The molecule has 0 spiro atoms. The Morgan fingerprint density at radius 3 is 2.44 bits per heavy atom. The molecule has 0 amide bonds. The summed E-state index contributed by atoms with van der Waals surface area (Å²) in [5, 5.41) is 0. The number of hydrogen-bond acceptors (Lipinski definition) is 6. The highest BCUT2D eigenvalue weighted by molar-refractivity contribution is 7.89. The average Bonchev–Trinajstić information content (AvgIpc) is 3.27. The molecule has 2 heterocycles. The molecule has 0 bridgehead atoms. The van der Waals surface area contributed by atoms with Crippen LogP contribution in [-0.2, 0) is 21.4 Å². The molecule has 0 atom stereocenters. The van der Waals surface area contributed by atoms with Crippen molar-refractivity contribution in [2.75, 3.05) is 13.1 Å². The van der Waals surface area contributed by atoms with Gasteiger partial charge in [-0.25, -0.2) is 22.6 Å². The molecule has 1 fully saturated rings. The normalized spacial score (nSPS) is 15.6. The van der Waals surface area contributed by atoms with E-state index in [1.165, 1.54) is 59.1 Å². The molecule has 1 aliphatic rings. The molecule has 0 radical (unpaired) electrons. The second-order valence-corrected chi connectivity index (χ2v) is 9.78. The highest BCUT2D eigenvalue weighted by Gasteiger charge is 2.28. The number of sulfonamides is 1. The topological polar surface area (TPSA) is 89.7 Å². The molecular weight excluding hydrogens is 435 g/mol. The van der Waals surface area contributed by atoms with Gasteiger partial charge in [0.25, 0.3) is 0 Å². The number of ether oxygens (including phenoxy) is 1. The summed E-state index contributed by atoms with van der Waals surface area (Å²) in [6, 6.07) is 11.4. The number of carbonyl (C=O) groups is 1. The van der Waals surface area contributed by atoms with E-state index >= 15 is 0 Å². The van der Waals surface area contributed by atoms with Crippen LogP contribution in [0, 0.1) is 11.7 Å². The quantitative estimate of drug-likeness (QED) is 0.513. The summed E-state index contributed by atoms with van der Waals surface area (Å²) >= 11 is 0. The van der Waals surface area contributed by atoms with Crippen molar-refractivity contribution in [1.82, 2.24) is 9.29 Å². The summed E-state index contributed by atoms with van der Waals surface area (Å²) in [7, 11) is -3.57. The third kappa shape index (κ3) is 4.89. The standard InChI is InChI=1S/C23H23FN2O5S/c1-16-10-12-26(13-11-16)32(28,29)21-8-4-18(5-9-21)23(27)31-15-20-14-30-22(25-20)17-2-6-19(24)7-3-17/h2-9,14,16H,10-13,15H2,1H3. The van der Waals surface area contributed by atoms with Crippen molar-refractivity contribution in [2.24, 2.45) is 5.92 Å². The Bertz CT molecular complexity index is 1180. The first kappa shape index (κ1) is 22.2.